The van der Waals surface area contributed by atoms with Crippen molar-refractivity contribution in [1.29, 1.82) is 0 Å². The van der Waals surface area contributed by atoms with Gasteiger partial charge in [0, 0.05) is 68.5 Å². The quantitative estimate of drug-likeness (QED) is 0.0525. The number of hydrogen-bond acceptors (Lipinski definition) is 15. The van der Waals surface area contributed by atoms with Crippen molar-refractivity contribution in [2.75, 3.05) is 41.5 Å². The van der Waals surface area contributed by atoms with Gasteiger partial charge in [-0.1, -0.05) is 72.7 Å². The Hall–Kier alpha value is -7.00. The standard InChI is InChI=1S/C56H87N7O15/c1-19-76-44(66)30-27-39(52(72)77-20-2)59-48(68)37(25-28-42(64)57-38(51(71)75-18)26-29-43(65)74-17)58-47(67)34(5)31-41(33(3)4)62(15)50(70)45(54(6,7)8)60-49(69)46(63(16)53(73)78-55(9,10)11)56(12,13)36-32-61(14)40-24-22-21-23-35(36)40/h21-24,31-33,37-39,41,45-46H,19-20,25-30H2,1-18H3,(H,57,64)(H,58,67)(H,59,68)(H,60,69)/b34-31+/t37-,38-,39-,41+,45?,46+/m0/s1. The Morgan fingerprint density at radius 1 is 0.679 bits per heavy atom. The SMILES string of the molecule is CCOC(=O)CC[C@H](NC(=O)[C@H](CCC(=O)N[C@@H](CCC(=O)OC)C(=O)OC)NC(=O)/C(C)=C/[C@H](C(C)C)N(C)C(=O)C(NC(=O)[C@@H](N(C)C(=O)OC(C)(C)C)C(C)(C)c1cn(C)c2ccccc12)C(C)(C)C)C(=O)OCC. The maximum absolute atomic E-state index is 15.1. The summed E-state index contributed by atoms with van der Waals surface area (Å²) >= 11 is 0. The largest absolute Gasteiger partial charge is 0.469 e. The van der Waals surface area contributed by atoms with Gasteiger partial charge in [-0.3, -0.25) is 38.5 Å². The van der Waals surface area contributed by atoms with Crippen LogP contribution in [0, 0.1) is 11.3 Å². The number of amides is 6. The fourth-order valence-corrected chi connectivity index (χ4v) is 8.83. The number of nitrogens with zero attached hydrogens (tertiary/aromatic N) is 3. The Morgan fingerprint density at radius 2 is 1.24 bits per heavy atom. The van der Waals surface area contributed by atoms with Crippen LogP contribution >= 0.6 is 0 Å². The summed E-state index contributed by atoms with van der Waals surface area (Å²) in [5, 5.41) is 11.6. The van der Waals surface area contributed by atoms with E-state index in [0.29, 0.717) is 0 Å². The number of aromatic nitrogens is 1. The first-order valence-corrected chi connectivity index (χ1v) is 26.3. The minimum Gasteiger partial charge on any atom is -0.469 e. The molecular weight excluding hydrogens is 1010 g/mol. The monoisotopic (exact) mass is 1100 g/mol. The molecule has 0 aliphatic carbocycles. The van der Waals surface area contributed by atoms with E-state index in [1.165, 1.54) is 44.0 Å². The molecule has 1 aromatic carbocycles. The van der Waals surface area contributed by atoms with E-state index in [0.717, 1.165) is 23.6 Å². The van der Waals surface area contributed by atoms with Crippen molar-refractivity contribution in [3.8, 4) is 0 Å². The molecule has 0 saturated heterocycles. The zero-order valence-corrected chi connectivity index (χ0v) is 49.1. The van der Waals surface area contributed by atoms with Gasteiger partial charge in [0.15, 0.2) is 0 Å². The summed E-state index contributed by atoms with van der Waals surface area (Å²) in [7, 11) is 7.19. The van der Waals surface area contributed by atoms with Crippen LogP contribution in [-0.4, -0.2) is 157 Å². The van der Waals surface area contributed by atoms with E-state index in [2.05, 4.69) is 26.0 Å². The lowest BCUT2D eigenvalue weighted by atomic mass is 9.76. The Kier molecular flexibility index (Phi) is 25.5. The van der Waals surface area contributed by atoms with E-state index in [9.17, 15) is 43.2 Å². The second-order valence-corrected chi connectivity index (χ2v) is 22.2. The normalized spacial score (nSPS) is 14.3. The molecule has 4 N–H and O–H groups in total. The number of nitrogens with one attached hydrogen (secondary N) is 4. The summed E-state index contributed by atoms with van der Waals surface area (Å²) in [6.07, 6.45) is 0.986. The molecule has 2 rings (SSSR count). The van der Waals surface area contributed by atoms with E-state index < -0.39 is 119 Å². The highest BCUT2D eigenvalue weighted by Gasteiger charge is 2.47. The van der Waals surface area contributed by atoms with Gasteiger partial charge in [0.2, 0.25) is 29.5 Å². The number of likely N-dealkylation sites (N-methyl/N-ethyl adjacent to an activating group) is 2. The minimum atomic E-state index is -1.51. The fraction of sp³-hybridized carbons (Fsp3) is 0.643. The van der Waals surface area contributed by atoms with Gasteiger partial charge >= 0.3 is 30.0 Å². The fourth-order valence-electron chi connectivity index (χ4n) is 8.83. The number of rotatable bonds is 27. The molecule has 0 fully saturated rings. The average Bonchev–Trinajstić information content (AvgIpc) is 3.70. The summed E-state index contributed by atoms with van der Waals surface area (Å²) in [6, 6.07) is 0.363. The molecule has 0 spiro atoms. The van der Waals surface area contributed by atoms with Crippen LogP contribution in [0.2, 0.25) is 0 Å². The predicted molar refractivity (Wildman–Crippen MR) is 291 cm³/mol. The maximum atomic E-state index is 15.1. The lowest BCUT2D eigenvalue weighted by Crippen LogP contribution is -2.63. The summed E-state index contributed by atoms with van der Waals surface area (Å²) in [5.74, 6) is -6.93. The van der Waals surface area contributed by atoms with Crippen molar-refractivity contribution in [3.63, 3.8) is 0 Å². The number of esters is 4. The third-order valence-electron chi connectivity index (χ3n) is 13.0. The molecule has 6 amide bonds. The number of ether oxygens (including phenoxy) is 5. The molecule has 0 bridgehead atoms. The van der Waals surface area contributed by atoms with Gasteiger partial charge in [0.1, 0.15) is 35.8 Å². The Balaban J connectivity index is 2.62. The van der Waals surface area contributed by atoms with Gasteiger partial charge in [0.25, 0.3) is 0 Å². The van der Waals surface area contributed by atoms with E-state index in [4.69, 9.17) is 18.9 Å². The minimum absolute atomic E-state index is 0.0423. The van der Waals surface area contributed by atoms with Crippen molar-refractivity contribution >= 4 is 70.4 Å². The van der Waals surface area contributed by atoms with Crippen LogP contribution in [0.4, 0.5) is 4.79 Å². The topological polar surface area (TPSA) is 276 Å². The third kappa shape index (κ3) is 19.5. The highest BCUT2D eigenvalue weighted by molar-refractivity contribution is 5.98. The maximum Gasteiger partial charge on any atom is 0.410 e. The molecule has 1 unspecified atom stereocenters. The van der Waals surface area contributed by atoms with E-state index in [1.54, 1.807) is 55.4 Å². The summed E-state index contributed by atoms with van der Waals surface area (Å²) in [4.78, 5) is 138. The summed E-state index contributed by atoms with van der Waals surface area (Å²) in [5.41, 5.74) is -1.15. The number of carbonyl (C=O) groups is 10. The second-order valence-electron chi connectivity index (χ2n) is 22.2. The van der Waals surface area contributed by atoms with Gasteiger partial charge in [-0.2, -0.15) is 0 Å². The Labute approximate surface area is 459 Å². The lowest BCUT2D eigenvalue weighted by Gasteiger charge is -2.42. The summed E-state index contributed by atoms with van der Waals surface area (Å²) in [6.45, 7) is 22.6. The second kappa shape index (κ2) is 29.7. The number of aryl methyl sites for hydroxylation is 1. The Morgan fingerprint density at radius 3 is 1.78 bits per heavy atom. The van der Waals surface area contributed by atoms with Crippen molar-refractivity contribution in [3.05, 3.63) is 47.7 Å². The molecule has 0 saturated carbocycles. The molecule has 22 heteroatoms. The number of fused-ring (bicyclic) bond motifs is 1. The highest BCUT2D eigenvalue weighted by Crippen LogP contribution is 2.37. The van der Waals surface area contributed by atoms with Crippen LogP contribution < -0.4 is 21.3 Å². The van der Waals surface area contributed by atoms with Crippen LogP contribution in [-0.2, 0) is 79.3 Å². The average molecular weight is 1100 g/mol. The highest BCUT2D eigenvalue weighted by atomic mass is 16.6. The first-order chi connectivity index (χ1) is 36.2. The first kappa shape index (κ1) is 67.1. The predicted octanol–water partition coefficient (Wildman–Crippen LogP) is 4.92. The smallest absolute Gasteiger partial charge is 0.410 e. The number of benzene rings is 1. The molecule has 78 heavy (non-hydrogen) atoms. The van der Waals surface area contributed by atoms with Gasteiger partial charge < -0.3 is 54.4 Å². The van der Waals surface area contributed by atoms with E-state index in [1.807, 2.05) is 69.8 Å². The van der Waals surface area contributed by atoms with E-state index >= 15 is 4.79 Å². The molecule has 2 aromatic rings. The number of methoxy groups -OCH3 is 2. The van der Waals surface area contributed by atoms with E-state index in [-0.39, 0.29) is 56.8 Å². The molecule has 22 nitrogen and oxygen atoms in total. The zero-order valence-electron chi connectivity index (χ0n) is 49.1. The molecule has 1 heterocycles. The third-order valence-corrected chi connectivity index (χ3v) is 13.0. The van der Waals surface area contributed by atoms with Crippen LogP contribution in [0.15, 0.2) is 42.1 Å². The van der Waals surface area contributed by atoms with Crippen molar-refractivity contribution in [2.24, 2.45) is 18.4 Å². The summed E-state index contributed by atoms with van der Waals surface area (Å²) < 4.78 is 27.3. The van der Waals surface area contributed by atoms with Crippen LogP contribution in [0.1, 0.15) is 134 Å². The zero-order chi connectivity index (χ0) is 59.6. The van der Waals surface area contributed by atoms with Crippen LogP contribution in [0.5, 0.6) is 0 Å². The van der Waals surface area contributed by atoms with Crippen molar-refractivity contribution < 1.29 is 71.6 Å². The number of carbonyl (C=O) groups excluding carboxylic acids is 10. The molecule has 0 aliphatic heterocycles. The Bertz CT molecular complexity index is 2480. The molecule has 0 aliphatic rings. The molecule has 1 aromatic heterocycles. The first-order valence-electron chi connectivity index (χ1n) is 26.3. The lowest BCUT2D eigenvalue weighted by molar-refractivity contribution is -0.149. The van der Waals surface area contributed by atoms with Crippen molar-refractivity contribution in [1.82, 2.24) is 35.6 Å². The molecule has 6 atom stereocenters. The number of hydrogen-bond donors (Lipinski definition) is 4. The molecule has 0 radical (unpaired) electrons. The van der Waals surface area contributed by atoms with Gasteiger partial charge in [-0.05, 0) is 83.8 Å². The van der Waals surface area contributed by atoms with Gasteiger partial charge in [0.05, 0.1) is 33.5 Å². The molecule has 436 valence electrons. The van der Waals surface area contributed by atoms with Gasteiger partial charge in [-0.25, -0.2) is 14.4 Å². The number of para-hydroxylation sites is 1. The van der Waals surface area contributed by atoms with Crippen molar-refractivity contribution in [2.45, 2.75) is 176 Å². The molecular formula is C56H87N7O15. The van der Waals surface area contributed by atoms with Crippen LogP contribution in [0.25, 0.3) is 10.9 Å². The van der Waals surface area contributed by atoms with Gasteiger partial charge in [-0.15, -0.1) is 0 Å². The van der Waals surface area contributed by atoms with Crippen LogP contribution in [0.3, 0.4) is 0 Å².